The van der Waals surface area contributed by atoms with Gasteiger partial charge in [0.05, 0.1) is 5.69 Å². The van der Waals surface area contributed by atoms with E-state index in [2.05, 4.69) is 51.3 Å². The molecule has 1 fully saturated rings. The highest BCUT2D eigenvalue weighted by molar-refractivity contribution is 5.98. The number of anilines is 3. The summed E-state index contributed by atoms with van der Waals surface area (Å²) < 4.78 is 0. The van der Waals surface area contributed by atoms with Gasteiger partial charge < -0.3 is 15.5 Å². The maximum Gasteiger partial charge on any atom is 0.325 e. The van der Waals surface area contributed by atoms with Crippen LogP contribution in [0.3, 0.4) is 0 Å². The zero-order valence-corrected chi connectivity index (χ0v) is 15.9. The summed E-state index contributed by atoms with van der Waals surface area (Å²) in [6, 6.07) is 17.4. The monoisotopic (exact) mass is 376 g/mol. The van der Waals surface area contributed by atoms with E-state index >= 15 is 0 Å². The molecule has 0 bridgehead atoms. The second-order valence-corrected chi connectivity index (χ2v) is 6.99. The van der Waals surface area contributed by atoms with Gasteiger partial charge in [0, 0.05) is 44.1 Å². The molecule has 3 aromatic rings. The first-order chi connectivity index (χ1) is 13.6. The minimum Gasteiger partial charge on any atom is -0.369 e. The van der Waals surface area contributed by atoms with Gasteiger partial charge in [-0.1, -0.05) is 24.3 Å². The quantitative estimate of drug-likeness (QED) is 0.733. The number of nitrogens with one attached hydrogen (secondary N) is 1. The summed E-state index contributed by atoms with van der Waals surface area (Å²) in [6.45, 7) is 4.25. The largest absolute Gasteiger partial charge is 0.369 e. The van der Waals surface area contributed by atoms with Crippen LogP contribution in [0.4, 0.5) is 22.0 Å². The molecular weight excluding hydrogens is 352 g/mol. The average molecular weight is 376 g/mol. The van der Waals surface area contributed by atoms with Crippen LogP contribution in [0.5, 0.6) is 0 Å². The number of urea groups is 1. The van der Waals surface area contributed by atoms with Gasteiger partial charge in [-0.25, -0.2) is 9.69 Å². The lowest BCUT2D eigenvalue weighted by atomic mass is 10.0. The molecule has 0 spiro atoms. The van der Waals surface area contributed by atoms with E-state index in [1.54, 1.807) is 12.3 Å². The molecule has 2 heterocycles. The molecule has 0 saturated carbocycles. The Bertz CT molecular complexity index is 930. The van der Waals surface area contributed by atoms with Crippen molar-refractivity contribution < 1.29 is 4.79 Å². The van der Waals surface area contributed by atoms with Crippen molar-refractivity contribution in [3.8, 4) is 11.1 Å². The summed E-state index contributed by atoms with van der Waals surface area (Å²) in [4.78, 5) is 18.1. The lowest BCUT2D eigenvalue weighted by Gasteiger charge is -2.34. The van der Waals surface area contributed by atoms with Crippen LogP contribution in [0.2, 0.25) is 0 Å². The van der Waals surface area contributed by atoms with Crippen LogP contribution in [-0.4, -0.2) is 54.4 Å². The summed E-state index contributed by atoms with van der Waals surface area (Å²) in [5.41, 5.74) is 9.61. The van der Waals surface area contributed by atoms with Gasteiger partial charge in [0.25, 0.3) is 0 Å². The van der Waals surface area contributed by atoms with Crippen LogP contribution in [0, 0.1) is 0 Å². The molecule has 28 heavy (non-hydrogen) atoms. The molecule has 2 amide bonds. The van der Waals surface area contributed by atoms with Gasteiger partial charge >= 0.3 is 6.03 Å². The molecule has 0 aliphatic carbocycles. The molecule has 4 rings (SSSR count). The van der Waals surface area contributed by atoms with Crippen LogP contribution >= 0.6 is 0 Å². The minimum absolute atomic E-state index is 0.468. The Hall–Kier alpha value is -3.32. The lowest BCUT2D eigenvalue weighted by Crippen LogP contribution is -2.44. The SMILES string of the molecule is CN1CCN(c2ccc(-c3cccc(N(C(N)=O)c4cc[nH]n4)c3)cc2)CC1. The number of nitrogens with zero attached hydrogens (tertiary/aromatic N) is 4. The predicted octanol–water partition coefficient (Wildman–Crippen LogP) is 3.05. The van der Waals surface area contributed by atoms with E-state index in [9.17, 15) is 4.79 Å². The zero-order chi connectivity index (χ0) is 19.5. The number of hydrogen-bond acceptors (Lipinski definition) is 4. The highest BCUT2D eigenvalue weighted by atomic mass is 16.2. The smallest absolute Gasteiger partial charge is 0.325 e. The third-order valence-corrected chi connectivity index (χ3v) is 5.11. The van der Waals surface area contributed by atoms with Crippen molar-refractivity contribution in [2.24, 2.45) is 5.73 Å². The van der Waals surface area contributed by atoms with E-state index in [1.807, 2.05) is 24.3 Å². The fraction of sp³-hybridized carbons (Fsp3) is 0.238. The number of carbonyl (C=O) groups is 1. The van der Waals surface area contributed by atoms with Crippen molar-refractivity contribution in [2.45, 2.75) is 0 Å². The van der Waals surface area contributed by atoms with Crippen LogP contribution in [0.15, 0.2) is 60.8 Å². The number of aromatic nitrogens is 2. The molecule has 1 aromatic heterocycles. The summed E-state index contributed by atoms with van der Waals surface area (Å²) in [7, 11) is 2.16. The molecule has 2 aromatic carbocycles. The van der Waals surface area contributed by atoms with E-state index in [0.29, 0.717) is 11.5 Å². The fourth-order valence-corrected chi connectivity index (χ4v) is 3.50. The number of carbonyl (C=O) groups excluding carboxylic acids is 1. The molecule has 0 unspecified atom stereocenters. The van der Waals surface area contributed by atoms with E-state index < -0.39 is 6.03 Å². The van der Waals surface area contributed by atoms with Crippen molar-refractivity contribution in [1.29, 1.82) is 0 Å². The van der Waals surface area contributed by atoms with Crippen LogP contribution < -0.4 is 15.5 Å². The van der Waals surface area contributed by atoms with Crippen LogP contribution in [-0.2, 0) is 0 Å². The Balaban J connectivity index is 1.58. The number of piperazine rings is 1. The number of nitrogens with two attached hydrogens (primary N) is 1. The number of amides is 2. The number of benzene rings is 2. The van der Waals surface area contributed by atoms with E-state index in [0.717, 1.165) is 37.3 Å². The number of primary amides is 1. The normalized spacial score (nSPS) is 14.8. The molecule has 1 aliphatic rings. The Morgan fingerprint density at radius 3 is 2.43 bits per heavy atom. The predicted molar refractivity (Wildman–Crippen MR) is 112 cm³/mol. The zero-order valence-electron chi connectivity index (χ0n) is 15.9. The number of likely N-dealkylation sites (N-methyl/N-ethyl adjacent to an activating group) is 1. The molecule has 0 radical (unpaired) electrons. The number of H-pyrrole nitrogens is 1. The van der Waals surface area contributed by atoms with Crippen molar-refractivity contribution in [3.63, 3.8) is 0 Å². The minimum atomic E-state index is -0.574. The molecule has 7 nitrogen and oxygen atoms in total. The van der Waals surface area contributed by atoms with Crippen molar-refractivity contribution in [2.75, 3.05) is 43.0 Å². The van der Waals surface area contributed by atoms with Gasteiger partial charge in [-0.15, -0.1) is 0 Å². The highest BCUT2D eigenvalue weighted by Crippen LogP contribution is 2.29. The molecule has 144 valence electrons. The topological polar surface area (TPSA) is 81.5 Å². The molecular formula is C21H24N6O. The number of hydrogen-bond donors (Lipinski definition) is 2. The maximum absolute atomic E-state index is 12.0. The standard InChI is InChI=1S/C21H24N6O/c1-25-11-13-26(14-12-25)18-7-5-16(6-8-18)17-3-2-4-19(15-17)27(21(22)28)20-9-10-23-24-20/h2-10,15H,11-14H2,1H3,(H2,22,28)(H,23,24). The van der Waals surface area contributed by atoms with Gasteiger partial charge in [-0.05, 0) is 42.4 Å². The van der Waals surface area contributed by atoms with Crippen LogP contribution in [0.25, 0.3) is 11.1 Å². The first-order valence-electron chi connectivity index (χ1n) is 9.35. The second-order valence-electron chi connectivity index (χ2n) is 6.99. The summed E-state index contributed by atoms with van der Waals surface area (Å²) in [5, 5.41) is 6.79. The van der Waals surface area contributed by atoms with Crippen molar-refractivity contribution >= 4 is 23.2 Å². The summed E-state index contributed by atoms with van der Waals surface area (Å²) >= 11 is 0. The van der Waals surface area contributed by atoms with Gasteiger partial charge in [-0.3, -0.25) is 5.10 Å². The molecule has 1 aliphatic heterocycles. The van der Waals surface area contributed by atoms with Gasteiger partial charge in [0.1, 0.15) is 0 Å². The van der Waals surface area contributed by atoms with E-state index in [-0.39, 0.29) is 0 Å². The summed E-state index contributed by atoms with van der Waals surface area (Å²) in [5.74, 6) is 0.468. The van der Waals surface area contributed by atoms with Gasteiger partial charge in [0.2, 0.25) is 0 Å². The highest BCUT2D eigenvalue weighted by Gasteiger charge is 2.18. The first kappa shape index (κ1) is 18.1. The summed E-state index contributed by atoms with van der Waals surface area (Å²) in [6.07, 6.45) is 1.66. The maximum atomic E-state index is 12.0. The first-order valence-corrected chi connectivity index (χ1v) is 9.35. The molecule has 3 N–H and O–H groups in total. The Morgan fingerprint density at radius 2 is 1.79 bits per heavy atom. The Kier molecular flexibility index (Phi) is 4.99. The third kappa shape index (κ3) is 3.70. The molecule has 1 saturated heterocycles. The van der Waals surface area contributed by atoms with Crippen LogP contribution in [0.1, 0.15) is 0 Å². The lowest BCUT2D eigenvalue weighted by molar-refractivity contribution is 0.256. The van der Waals surface area contributed by atoms with E-state index in [1.165, 1.54) is 10.6 Å². The Morgan fingerprint density at radius 1 is 1.04 bits per heavy atom. The second kappa shape index (κ2) is 7.74. The average Bonchev–Trinajstić information content (AvgIpc) is 3.23. The number of rotatable bonds is 4. The Labute approximate surface area is 164 Å². The van der Waals surface area contributed by atoms with Gasteiger partial charge in [-0.2, -0.15) is 5.10 Å². The third-order valence-electron chi connectivity index (χ3n) is 5.11. The van der Waals surface area contributed by atoms with Crippen molar-refractivity contribution in [1.82, 2.24) is 15.1 Å². The number of aromatic amines is 1. The van der Waals surface area contributed by atoms with Crippen molar-refractivity contribution in [3.05, 3.63) is 60.8 Å². The molecule has 0 atom stereocenters. The fourth-order valence-electron chi connectivity index (χ4n) is 3.50. The molecule has 7 heteroatoms. The van der Waals surface area contributed by atoms with E-state index in [4.69, 9.17) is 5.73 Å². The van der Waals surface area contributed by atoms with Gasteiger partial charge in [0.15, 0.2) is 5.82 Å².